The van der Waals surface area contributed by atoms with E-state index in [0.29, 0.717) is 6.54 Å². The van der Waals surface area contributed by atoms with E-state index in [0.717, 1.165) is 23.6 Å². The van der Waals surface area contributed by atoms with Crippen molar-refractivity contribution < 1.29 is 0 Å². The molecule has 4 aromatic rings. The molecule has 0 aliphatic heterocycles. The Morgan fingerprint density at radius 3 is 3.00 bits per heavy atom. The van der Waals surface area contributed by atoms with Crippen molar-refractivity contribution in [2.75, 3.05) is 6.54 Å². The molecule has 3 heterocycles. The largest absolute Gasteiger partial charge is 0.341 e. The fourth-order valence-electron chi connectivity index (χ4n) is 2.72. The fourth-order valence-corrected chi connectivity index (χ4v) is 3.44. The van der Waals surface area contributed by atoms with E-state index in [1.807, 2.05) is 6.20 Å². The number of hydrogen-bond donors (Lipinski definition) is 1. The second kappa shape index (κ2) is 5.02. The minimum absolute atomic E-state index is 0.684. The van der Waals surface area contributed by atoms with Gasteiger partial charge in [-0.05, 0) is 36.0 Å². The van der Waals surface area contributed by atoms with E-state index in [4.69, 9.17) is 5.73 Å². The maximum atomic E-state index is 5.65. The number of imidazole rings is 1. The molecule has 0 unspecified atom stereocenters. The molecule has 5 heteroatoms. The van der Waals surface area contributed by atoms with Crippen molar-refractivity contribution >= 4 is 27.2 Å². The van der Waals surface area contributed by atoms with Gasteiger partial charge >= 0.3 is 0 Å². The van der Waals surface area contributed by atoms with Gasteiger partial charge in [0, 0.05) is 29.5 Å². The smallest absolute Gasteiger partial charge is 0.193 e. The van der Waals surface area contributed by atoms with Gasteiger partial charge in [0.15, 0.2) is 4.96 Å². The maximum Gasteiger partial charge on any atom is 0.193 e. The van der Waals surface area contributed by atoms with Gasteiger partial charge in [0.25, 0.3) is 0 Å². The summed E-state index contributed by atoms with van der Waals surface area (Å²) in [4.78, 5) is 5.70. The number of nitrogens with zero attached hydrogens (tertiary/aromatic N) is 3. The molecule has 1 aromatic carbocycles. The predicted octanol–water partition coefficient (Wildman–Crippen LogP) is 2.90. The number of benzene rings is 1. The molecule has 0 saturated carbocycles. The van der Waals surface area contributed by atoms with Crippen molar-refractivity contribution in [1.29, 1.82) is 0 Å². The molecular weight excluding hydrogens is 280 g/mol. The highest BCUT2D eigenvalue weighted by atomic mass is 32.1. The molecule has 0 radical (unpaired) electrons. The van der Waals surface area contributed by atoms with Crippen LogP contribution < -0.4 is 5.73 Å². The highest BCUT2D eigenvalue weighted by molar-refractivity contribution is 7.15. The van der Waals surface area contributed by atoms with Crippen molar-refractivity contribution in [2.45, 2.75) is 13.0 Å². The number of hydrogen-bond acceptors (Lipinski definition) is 3. The Balaban J connectivity index is 1.71. The first-order valence-electron chi connectivity index (χ1n) is 7.02. The fraction of sp³-hybridized carbons (Fsp3) is 0.188. The van der Waals surface area contributed by atoms with Gasteiger partial charge in [0.2, 0.25) is 0 Å². The summed E-state index contributed by atoms with van der Waals surface area (Å²) in [6.45, 7) is 1.48. The van der Waals surface area contributed by atoms with Gasteiger partial charge in [0.05, 0.1) is 12.2 Å². The number of rotatable bonds is 4. The summed E-state index contributed by atoms with van der Waals surface area (Å²) in [5.74, 6) is 0. The van der Waals surface area contributed by atoms with Crippen LogP contribution in [-0.4, -0.2) is 20.5 Å². The van der Waals surface area contributed by atoms with Crippen LogP contribution in [0.2, 0.25) is 0 Å². The van der Waals surface area contributed by atoms with Gasteiger partial charge in [-0.3, -0.25) is 4.40 Å². The van der Waals surface area contributed by atoms with Crippen molar-refractivity contribution in [3.63, 3.8) is 0 Å². The zero-order valence-corrected chi connectivity index (χ0v) is 12.4. The first-order chi connectivity index (χ1) is 10.3. The average molecular weight is 296 g/mol. The Morgan fingerprint density at radius 2 is 2.14 bits per heavy atom. The van der Waals surface area contributed by atoms with Crippen LogP contribution in [0.1, 0.15) is 11.3 Å². The van der Waals surface area contributed by atoms with Gasteiger partial charge in [-0.25, -0.2) is 4.98 Å². The Kier molecular flexibility index (Phi) is 3.02. The standard InChI is InChI=1S/C16H16N4S/c17-5-3-12-1-2-13-4-6-19(15(13)9-12)10-14-11-20-7-8-21-16(20)18-14/h1-2,4,6-9,11H,3,5,10,17H2. The number of aromatic nitrogens is 3. The lowest BCUT2D eigenvalue weighted by Gasteiger charge is -2.05. The van der Waals surface area contributed by atoms with Gasteiger partial charge in [-0.1, -0.05) is 12.1 Å². The molecule has 3 aromatic heterocycles. The molecule has 0 saturated heterocycles. The third kappa shape index (κ3) is 2.24. The van der Waals surface area contributed by atoms with Crippen LogP contribution in [0.25, 0.3) is 15.9 Å². The van der Waals surface area contributed by atoms with Gasteiger partial charge < -0.3 is 10.3 Å². The molecule has 0 aliphatic rings. The maximum absolute atomic E-state index is 5.65. The van der Waals surface area contributed by atoms with Crippen LogP contribution >= 0.6 is 11.3 Å². The van der Waals surface area contributed by atoms with Gasteiger partial charge in [-0.15, -0.1) is 11.3 Å². The third-order valence-electron chi connectivity index (χ3n) is 3.75. The van der Waals surface area contributed by atoms with Crippen molar-refractivity contribution in [3.8, 4) is 0 Å². The summed E-state index contributed by atoms with van der Waals surface area (Å²) < 4.78 is 4.33. The van der Waals surface area contributed by atoms with Crippen LogP contribution in [0.3, 0.4) is 0 Å². The summed E-state index contributed by atoms with van der Waals surface area (Å²) in [6.07, 6.45) is 7.19. The highest BCUT2D eigenvalue weighted by Crippen LogP contribution is 2.20. The van der Waals surface area contributed by atoms with E-state index in [9.17, 15) is 0 Å². The van der Waals surface area contributed by atoms with Crippen molar-refractivity contribution in [3.05, 3.63) is 59.5 Å². The zero-order valence-electron chi connectivity index (χ0n) is 11.6. The first-order valence-corrected chi connectivity index (χ1v) is 7.90. The van der Waals surface area contributed by atoms with Crippen LogP contribution in [-0.2, 0) is 13.0 Å². The summed E-state index contributed by atoms with van der Waals surface area (Å²) in [5.41, 5.74) is 9.28. The Morgan fingerprint density at radius 1 is 1.19 bits per heavy atom. The molecule has 0 atom stereocenters. The van der Waals surface area contributed by atoms with Crippen LogP contribution in [0.5, 0.6) is 0 Å². The van der Waals surface area contributed by atoms with E-state index >= 15 is 0 Å². The summed E-state index contributed by atoms with van der Waals surface area (Å²) >= 11 is 1.66. The predicted molar refractivity (Wildman–Crippen MR) is 86.9 cm³/mol. The second-order valence-electron chi connectivity index (χ2n) is 5.20. The van der Waals surface area contributed by atoms with Crippen LogP contribution in [0, 0.1) is 0 Å². The molecule has 0 bridgehead atoms. The van der Waals surface area contributed by atoms with Gasteiger partial charge in [0.1, 0.15) is 0 Å². The van der Waals surface area contributed by atoms with Gasteiger partial charge in [-0.2, -0.15) is 0 Å². The Labute approximate surface area is 126 Å². The molecule has 2 N–H and O–H groups in total. The summed E-state index contributed by atoms with van der Waals surface area (Å²) in [6, 6.07) is 8.72. The molecule has 0 fully saturated rings. The lowest BCUT2D eigenvalue weighted by Crippen LogP contribution is -2.03. The van der Waals surface area contributed by atoms with Crippen LogP contribution in [0.15, 0.2) is 48.2 Å². The van der Waals surface area contributed by atoms with E-state index in [2.05, 4.69) is 56.0 Å². The lowest BCUT2D eigenvalue weighted by molar-refractivity contribution is 0.814. The van der Waals surface area contributed by atoms with Crippen molar-refractivity contribution in [1.82, 2.24) is 14.0 Å². The van der Waals surface area contributed by atoms with E-state index in [1.165, 1.54) is 16.5 Å². The minimum Gasteiger partial charge on any atom is -0.341 e. The molecular formula is C16H16N4S. The first kappa shape index (κ1) is 12.6. The number of fused-ring (bicyclic) bond motifs is 2. The molecule has 4 nitrogen and oxygen atoms in total. The molecule has 106 valence electrons. The molecule has 21 heavy (non-hydrogen) atoms. The molecule has 0 amide bonds. The van der Waals surface area contributed by atoms with E-state index in [-0.39, 0.29) is 0 Å². The lowest BCUT2D eigenvalue weighted by atomic mass is 10.1. The van der Waals surface area contributed by atoms with Crippen molar-refractivity contribution in [2.24, 2.45) is 5.73 Å². The summed E-state index contributed by atoms with van der Waals surface area (Å²) in [5, 5.41) is 3.31. The normalized spacial score (nSPS) is 11.7. The Hall–Kier alpha value is -2.11. The Bertz CT molecular complexity index is 871. The third-order valence-corrected chi connectivity index (χ3v) is 4.52. The van der Waals surface area contributed by atoms with Crippen LogP contribution in [0.4, 0.5) is 0 Å². The monoisotopic (exact) mass is 296 g/mol. The minimum atomic E-state index is 0.684. The average Bonchev–Trinajstić information content (AvgIpc) is 3.15. The SMILES string of the molecule is NCCc1ccc2ccn(Cc3cn4ccsc4n3)c2c1. The quantitative estimate of drug-likeness (QED) is 0.629. The topological polar surface area (TPSA) is 48.2 Å². The molecule has 0 spiro atoms. The number of nitrogens with two attached hydrogens (primary N) is 1. The molecule has 0 aliphatic carbocycles. The summed E-state index contributed by atoms with van der Waals surface area (Å²) in [7, 11) is 0. The number of thiazole rings is 1. The zero-order chi connectivity index (χ0) is 14.2. The highest BCUT2D eigenvalue weighted by Gasteiger charge is 2.06. The molecule has 4 rings (SSSR count). The second-order valence-corrected chi connectivity index (χ2v) is 6.07. The van der Waals surface area contributed by atoms with E-state index < -0.39 is 0 Å². The van der Waals surface area contributed by atoms with E-state index in [1.54, 1.807) is 11.3 Å².